The van der Waals surface area contributed by atoms with Gasteiger partial charge in [-0.25, -0.2) is 8.42 Å². The van der Waals surface area contributed by atoms with E-state index < -0.39 is 20.2 Å². The SMILES string of the molecule is CC(C)(O)CS(=O)(=O)C1(COCc2ccccc2)CC1. The van der Waals surface area contributed by atoms with E-state index in [1.54, 1.807) is 0 Å². The molecule has 0 aliphatic heterocycles. The zero-order valence-corrected chi connectivity index (χ0v) is 12.8. The second-order valence-corrected chi connectivity index (χ2v) is 8.62. The quantitative estimate of drug-likeness (QED) is 0.835. The highest BCUT2D eigenvalue weighted by Gasteiger charge is 2.55. The summed E-state index contributed by atoms with van der Waals surface area (Å²) >= 11 is 0. The van der Waals surface area contributed by atoms with Crippen molar-refractivity contribution >= 4 is 9.84 Å². The van der Waals surface area contributed by atoms with Crippen LogP contribution in [0.3, 0.4) is 0 Å². The molecule has 20 heavy (non-hydrogen) atoms. The van der Waals surface area contributed by atoms with E-state index in [-0.39, 0.29) is 12.4 Å². The van der Waals surface area contributed by atoms with Gasteiger partial charge in [-0.05, 0) is 32.3 Å². The van der Waals surface area contributed by atoms with Crippen LogP contribution in [0.15, 0.2) is 30.3 Å². The van der Waals surface area contributed by atoms with Gasteiger partial charge in [0.15, 0.2) is 9.84 Å². The number of benzene rings is 1. The molecule has 0 unspecified atom stereocenters. The summed E-state index contributed by atoms with van der Waals surface area (Å²) in [5.41, 5.74) is -0.170. The normalized spacial score (nSPS) is 17.9. The minimum absolute atomic E-state index is 0.209. The number of sulfone groups is 1. The van der Waals surface area contributed by atoms with Crippen LogP contribution in [0, 0.1) is 0 Å². The van der Waals surface area contributed by atoms with Crippen LogP contribution in [0.5, 0.6) is 0 Å². The Morgan fingerprint density at radius 2 is 1.85 bits per heavy atom. The third-order valence-corrected chi connectivity index (χ3v) is 6.42. The second-order valence-electron chi connectivity index (χ2n) is 6.23. The molecule has 112 valence electrons. The smallest absolute Gasteiger partial charge is 0.161 e. The topological polar surface area (TPSA) is 63.6 Å². The van der Waals surface area contributed by atoms with Gasteiger partial charge < -0.3 is 9.84 Å². The average molecular weight is 298 g/mol. The van der Waals surface area contributed by atoms with Crippen LogP contribution < -0.4 is 0 Å². The van der Waals surface area contributed by atoms with Crippen LogP contribution in [0.25, 0.3) is 0 Å². The van der Waals surface area contributed by atoms with Gasteiger partial charge in [-0.1, -0.05) is 30.3 Å². The van der Waals surface area contributed by atoms with Gasteiger partial charge >= 0.3 is 0 Å². The number of aliphatic hydroxyl groups is 1. The van der Waals surface area contributed by atoms with Crippen molar-refractivity contribution < 1.29 is 18.3 Å². The predicted molar refractivity (Wildman–Crippen MR) is 78.1 cm³/mol. The molecular weight excluding hydrogens is 276 g/mol. The molecule has 5 heteroatoms. The summed E-state index contributed by atoms with van der Waals surface area (Å²) in [5.74, 6) is -0.214. The number of ether oxygens (including phenoxy) is 1. The Morgan fingerprint density at radius 3 is 2.35 bits per heavy atom. The van der Waals surface area contributed by atoms with E-state index in [0.717, 1.165) is 5.56 Å². The third kappa shape index (κ3) is 3.81. The van der Waals surface area contributed by atoms with E-state index in [2.05, 4.69) is 0 Å². The Balaban J connectivity index is 1.92. The van der Waals surface area contributed by atoms with Gasteiger partial charge in [-0.2, -0.15) is 0 Å². The van der Waals surface area contributed by atoms with Crippen molar-refractivity contribution in [2.45, 2.75) is 43.6 Å². The Kier molecular flexibility index (Phi) is 4.23. The highest BCUT2D eigenvalue weighted by atomic mass is 32.2. The molecule has 0 bridgehead atoms. The first kappa shape index (κ1) is 15.5. The molecule has 1 aliphatic carbocycles. The molecule has 4 nitrogen and oxygen atoms in total. The Hall–Kier alpha value is -0.910. The van der Waals surface area contributed by atoms with E-state index in [9.17, 15) is 13.5 Å². The number of hydrogen-bond donors (Lipinski definition) is 1. The molecule has 0 aromatic heterocycles. The number of rotatable bonds is 7. The summed E-state index contributed by atoms with van der Waals surface area (Å²) < 4.78 is 29.5. The monoisotopic (exact) mass is 298 g/mol. The zero-order valence-electron chi connectivity index (χ0n) is 12.0. The molecule has 0 saturated heterocycles. The van der Waals surface area contributed by atoms with Crippen LogP contribution in [0.1, 0.15) is 32.3 Å². The molecule has 2 rings (SSSR count). The molecule has 0 radical (unpaired) electrons. The lowest BCUT2D eigenvalue weighted by Gasteiger charge is -2.22. The molecule has 0 spiro atoms. The average Bonchev–Trinajstić information content (AvgIpc) is 3.09. The molecule has 1 fully saturated rings. The fraction of sp³-hybridized carbons (Fsp3) is 0.600. The van der Waals surface area contributed by atoms with Crippen molar-refractivity contribution in [3.8, 4) is 0 Å². The highest BCUT2D eigenvalue weighted by Crippen LogP contribution is 2.45. The van der Waals surface area contributed by atoms with Gasteiger partial charge in [0.2, 0.25) is 0 Å². The van der Waals surface area contributed by atoms with Crippen molar-refractivity contribution in [3.05, 3.63) is 35.9 Å². The first-order valence-electron chi connectivity index (χ1n) is 6.81. The summed E-state index contributed by atoms with van der Waals surface area (Å²) in [6.45, 7) is 3.66. The maximum Gasteiger partial charge on any atom is 0.161 e. The molecule has 1 aromatic carbocycles. The molecule has 1 aliphatic rings. The van der Waals surface area contributed by atoms with Gasteiger partial charge in [-0.15, -0.1) is 0 Å². The maximum absolute atomic E-state index is 12.3. The summed E-state index contributed by atoms with van der Waals surface area (Å²) in [6, 6.07) is 9.68. The van der Waals surface area contributed by atoms with E-state index in [0.29, 0.717) is 19.4 Å². The largest absolute Gasteiger partial charge is 0.389 e. The van der Waals surface area contributed by atoms with Crippen molar-refractivity contribution in [1.82, 2.24) is 0 Å². The summed E-state index contributed by atoms with van der Waals surface area (Å²) in [6.07, 6.45) is 1.25. The van der Waals surface area contributed by atoms with Crippen molar-refractivity contribution in [2.75, 3.05) is 12.4 Å². The minimum Gasteiger partial charge on any atom is -0.389 e. The Bertz CT molecular complexity index is 539. The van der Waals surface area contributed by atoms with Crippen molar-refractivity contribution in [2.24, 2.45) is 0 Å². The third-order valence-electron chi connectivity index (χ3n) is 3.49. The predicted octanol–water partition coefficient (Wildman–Crippen LogP) is 1.92. The van der Waals surface area contributed by atoms with Crippen LogP contribution in [-0.4, -0.2) is 36.2 Å². The van der Waals surface area contributed by atoms with Crippen LogP contribution in [0.2, 0.25) is 0 Å². The molecule has 1 N–H and O–H groups in total. The molecule has 1 saturated carbocycles. The standard InChI is InChI=1S/C15H22O4S/c1-14(2,16)12-20(17,18)15(8-9-15)11-19-10-13-6-4-3-5-7-13/h3-7,16H,8-12H2,1-2H3. The first-order valence-corrected chi connectivity index (χ1v) is 8.46. The van der Waals surface area contributed by atoms with E-state index >= 15 is 0 Å². The lowest BCUT2D eigenvalue weighted by molar-refractivity contribution is 0.101. The molecule has 0 heterocycles. The fourth-order valence-electron chi connectivity index (χ4n) is 2.23. The molecule has 1 aromatic rings. The minimum atomic E-state index is -3.34. The second kappa shape index (κ2) is 5.47. The lowest BCUT2D eigenvalue weighted by Crippen LogP contribution is -2.39. The molecule has 0 atom stereocenters. The first-order chi connectivity index (χ1) is 9.24. The van der Waals surface area contributed by atoms with E-state index in [4.69, 9.17) is 4.74 Å². The van der Waals surface area contributed by atoms with Crippen LogP contribution in [0.4, 0.5) is 0 Å². The Labute approximate surface area is 120 Å². The fourth-order valence-corrected chi connectivity index (χ4v) is 4.45. The summed E-state index contributed by atoms with van der Waals surface area (Å²) in [5, 5.41) is 9.73. The van der Waals surface area contributed by atoms with Gasteiger partial charge in [0, 0.05) is 0 Å². The molecular formula is C15H22O4S. The van der Waals surface area contributed by atoms with E-state index in [1.807, 2.05) is 30.3 Å². The van der Waals surface area contributed by atoms with Crippen LogP contribution >= 0.6 is 0 Å². The van der Waals surface area contributed by atoms with Gasteiger partial charge in [0.25, 0.3) is 0 Å². The van der Waals surface area contributed by atoms with E-state index in [1.165, 1.54) is 13.8 Å². The maximum atomic E-state index is 12.3. The van der Waals surface area contributed by atoms with Gasteiger partial charge in [0.05, 0.1) is 29.3 Å². The van der Waals surface area contributed by atoms with Gasteiger partial charge in [0.1, 0.15) is 0 Å². The number of hydrogen-bond acceptors (Lipinski definition) is 4. The highest BCUT2D eigenvalue weighted by molar-refractivity contribution is 7.93. The zero-order chi connectivity index (χ0) is 14.9. The van der Waals surface area contributed by atoms with Crippen molar-refractivity contribution in [1.29, 1.82) is 0 Å². The summed E-state index contributed by atoms with van der Waals surface area (Å²) in [4.78, 5) is 0. The summed E-state index contributed by atoms with van der Waals surface area (Å²) in [7, 11) is -3.34. The van der Waals surface area contributed by atoms with Gasteiger partial charge in [-0.3, -0.25) is 0 Å². The van der Waals surface area contributed by atoms with Crippen LogP contribution in [-0.2, 0) is 21.2 Å². The molecule has 0 amide bonds. The Morgan fingerprint density at radius 1 is 1.25 bits per heavy atom. The van der Waals surface area contributed by atoms with Crippen molar-refractivity contribution in [3.63, 3.8) is 0 Å². The lowest BCUT2D eigenvalue weighted by atomic mass is 10.2.